The van der Waals surface area contributed by atoms with Crippen LogP contribution in [0.15, 0.2) is 4.42 Å². The molecule has 1 aliphatic carbocycles. The van der Waals surface area contributed by atoms with E-state index in [0.29, 0.717) is 6.04 Å². The number of hydrogen-bond acceptors (Lipinski definition) is 5. The van der Waals surface area contributed by atoms with Crippen molar-refractivity contribution in [2.75, 3.05) is 6.54 Å². The van der Waals surface area contributed by atoms with Gasteiger partial charge in [0.15, 0.2) is 0 Å². The van der Waals surface area contributed by atoms with Gasteiger partial charge in [0.1, 0.15) is 5.82 Å². The SMILES string of the molecule is CC(C)c1nnc(CN2CCC[C@@H]2c2nc3c(n2C)CCCC3)o1. The molecule has 1 saturated heterocycles. The Morgan fingerprint density at radius 2 is 2.00 bits per heavy atom. The fourth-order valence-corrected chi connectivity index (χ4v) is 4.05. The first-order valence-corrected chi connectivity index (χ1v) is 9.24. The van der Waals surface area contributed by atoms with Crippen molar-refractivity contribution in [3.63, 3.8) is 0 Å². The average molecular weight is 329 g/mol. The first-order chi connectivity index (χ1) is 11.6. The zero-order chi connectivity index (χ0) is 16.7. The molecule has 0 saturated carbocycles. The summed E-state index contributed by atoms with van der Waals surface area (Å²) in [5, 5.41) is 8.39. The van der Waals surface area contributed by atoms with Crippen molar-refractivity contribution in [2.24, 2.45) is 7.05 Å². The Kier molecular flexibility index (Phi) is 4.16. The number of nitrogens with zero attached hydrogens (tertiary/aromatic N) is 5. The maximum Gasteiger partial charge on any atom is 0.230 e. The molecular formula is C18H27N5O. The highest BCUT2D eigenvalue weighted by molar-refractivity contribution is 5.22. The molecule has 4 rings (SSSR count). The summed E-state index contributed by atoms with van der Waals surface area (Å²) in [5.74, 6) is 2.96. The summed E-state index contributed by atoms with van der Waals surface area (Å²) >= 11 is 0. The number of rotatable bonds is 4. The Balaban J connectivity index is 1.55. The highest BCUT2D eigenvalue weighted by Crippen LogP contribution is 2.34. The van der Waals surface area contributed by atoms with Gasteiger partial charge in [0.2, 0.25) is 11.8 Å². The summed E-state index contributed by atoms with van der Waals surface area (Å²) in [4.78, 5) is 7.46. The second kappa shape index (κ2) is 6.31. The zero-order valence-corrected chi connectivity index (χ0v) is 15.0. The molecule has 130 valence electrons. The van der Waals surface area contributed by atoms with Crippen LogP contribution in [0.3, 0.4) is 0 Å². The van der Waals surface area contributed by atoms with Crippen LogP contribution in [0.5, 0.6) is 0 Å². The maximum atomic E-state index is 5.81. The average Bonchev–Trinajstić information content (AvgIpc) is 3.28. The van der Waals surface area contributed by atoms with Crippen LogP contribution in [-0.4, -0.2) is 31.2 Å². The van der Waals surface area contributed by atoms with Crippen LogP contribution < -0.4 is 0 Å². The van der Waals surface area contributed by atoms with Gasteiger partial charge in [-0.25, -0.2) is 4.98 Å². The molecule has 6 nitrogen and oxygen atoms in total. The van der Waals surface area contributed by atoms with Crippen LogP contribution in [0.4, 0.5) is 0 Å². The van der Waals surface area contributed by atoms with Crippen molar-refractivity contribution in [1.82, 2.24) is 24.6 Å². The van der Waals surface area contributed by atoms with Crippen LogP contribution in [0.1, 0.15) is 80.5 Å². The van der Waals surface area contributed by atoms with Gasteiger partial charge in [-0.15, -0.1) is 10.2 Å². The summed E-state index contributed by atoms with van der Waals surface area (Å²) < 4.78 is 8.16. The van der Waals surface area contributed by atoms with Crippen molar-refractivity contribution in [3.05, 3.63) is 29.0 Å². The van der Waals surface area contributed by atoms with Crippen LogP contribution >= 0.6 is 0 Å². The lowest BCUT2D eigenvalue weighted by molar-refractivity contribution is 0.211. The predicted molar refractivity (Wildman–Crippen MR) is 90.6 cm³/mol. The predicted octanol–water partition coefficient (Wildman–Crippen LogP) is 3.14. The number of imidazole rings is 1. The van der Waals surface area contributed by atoms with Gasteiger partial charge in [-0.2, -0.15) is 0 Å². The Bertz CT molecular complexity index is 717. The van der Waals surface area contributed by atoms with E-state index in [9.17, 15) is 0 Å². The van der Waals surface area contributed by atoms with Crippen molar-refractivity contribution in [3.8, 4) is 0 Å². The number of fused-ring (bicyclic) bond motifs is 1. The molecule has 1 fully saturated rings. The van der Waals surface area contributed by atoms with Crippen LogP contribution in [0, 0.1) is 0 Å². The number of hydrogen-bond donors (Lipinski definition) is 0. The second-order valence-corrected chi connectivity index (χ2v) is 7.45. The van der Waals surface area contributed by atoms with E-state index < -0.39 is 0 Å². The minimum absolute atomic E-state index is 0.280. The van der Waals surface area contributed by atoms with E-state index >= 15 is 0 Å². The van der Waals surface area contributed by atoms with Gasteiger partial charge in [-0.1, -0.05) is 13.8 Å². The number of aryl methyl sites for hydroxylation is 1. The van der Waals surface area contributed by atoms with E-state index in [-0.39, 0.29) is 5.92 Å². The molecule has 24 heavy (non-hydrogen) atoms. The van der Waals surface area contributed by atoms with Gasteiger partial charge < -0.3 is 8.98 Å². The summed E-state index contributed by atoms with van der Waals surface area (Å²) in [6.07, 6.45) is 7.24. The molecule has 2 aliphatic rings. The quantitative estimate of drug-likeness (QED) is 0.862. The van der Waals surface area contributed by atoms with E-state index in [1.807, 2.05) is 0 Å². The number of likely N-dealkylation sites (tertiary alicyclic amines) is 1. The third-order valence-corrected chi connectivity index (χ3v) is 5.38. The Hall–Kier alpha value is -1.69. The third kappa shape index (κ3) is 2.77. The lowest BCUT2D eigenvalue weighted by Gasteiger charge is -2.22. The number of aromatic nitrogens is 4. The zero-order valence-electron chi connectivity index (χ0n) is 15.0. The van der Waals surface area contributed by atoms with Gasteiger partial charge in [-0.05, 0) is 45.1 Å². The fraction of sp³-hybridized carbons (Fsp3) is 0.722. The molecule has 0 spiro atoms. The summed E-state index contributed by atoms with van der Waals surface area (Å²) in [6.45, 7) is 5.95. The van der Waals surface area contributed by atoms with Crippen molar-refractivity contribution < 1.29 is 4.42 Å². The van der Waals surface area contributed by atoms with E-state index in [4.69, 9.17) is 9.40 Å². The van der Waals surface area contributed by atoms with Gasteiger partial charge in [-0.3, -0.25) is 4.90 Å². The Morgan fingerprint density at radius 1 is 1.17 bits per heavy atom. The van der Waals surface area contributed by atoms with Crippen LogP contribution in [0.2, 0.25) is 0 Å². The Morgan fingerprint density at radius 3 is 2.75 bits per heavy atom. The fourth-order valence-electron chi connectivity index (χ4n) is 4.05. The molecule has 2 aromatic heterocycles. The van der Waals surface area contributed by atoms with Crippen molar-refractivity contribution >= 4 is 0 Å². The minimum Gasteiger partial charge on any atom is -0.424 e. The van der Waals surface area contributed by atoms with Crippen molar-refractivity contribution in [1.29, 1.82) is 0 Å². The largest absolute Gasteiger partial charge is 0.424 e. The molecule has 0 N–H and O–H groups in total. The van der Waals surface area contributed by atoms with Crippen molar-refractivity contribution in [2.45, 2.75) is 70.9 Å². The Labute approximate surface area is 143 Å². The first-order valence-electron chi connectivity index (χ1n) is 9.24. The topological polar surface area (TPSA) is 60.0 Å². The van der Waals surface area contributed by atoms with E-state index in [0.717, 1.165) is 37.7 Å². The van der Waals surface area contributed by atoms with Gasteiger partial charge in [0, 0.05) is 18.7 Å². The normalized spacial score (nSPS) is 21.6. The van der Waals surface area contributed by atoms with Gasteiger partial charge in [0.05, 0.1) is 18.3 Å². The molecule has 0 amide bonds. The molecule has 0 unspecified atom stereocenters. The molecule has 2 aromatic rings. The molecule has 1 atom stereocenters. The molecule has 3 heterocycles. The molecular weight excluding hydrogens is 302 g/mol. The first kappa shape index (κ1) is 15.8. The highest BCUT2D eigenvalue weighted by atomic mass is 16.4. The minimum atomic E-state index is 0.280. The molecule has 0 bridgehead atoms. The van der Waals surface area contributed by atoms with Gasteiger partial charge >= 0.3 is 0 Å². The summed E-state index contributed by atoms with van der Waals surface area (Å²) in [7, 11) is 2.19. The third-order valence-electron chi connectivity index (χ3n) is 5.38. The summed E-state index contributed by atoms with van der Waals surface area (Å²) in [5.41, 5.74) is 2.77. The lowest BCUT2D eigenvalue weighted by Crippen LogP contribution is -2.25. The molecule has 0 aromatic carbocycles. The lowest BCUT2D eigenvalue weighted by atomic mass is 10.0. The van der Waals surface area contributed by atoms with E-state index in [2.05, 4.69) is 40.6 Å². The highest BCUT2D eigenvalue weighted by Gasteiger charge is 2.32. The monoisotopic (exact) mass is 329 g/mol. The van der Waals surface area contributed by atoms with E-state index in [1.165, 1.54) is 42.9 Å². The smallest absolute Gasteiger partial charge is 0.230 e. The van der Waals surface area contributed by atoms with Crippen LogP contribution in [0.25, 0.3) is 0 Å². The second-order valence-electron chi connectivity index (χ2n) is 7.45. The van der Waals surface area contributed by atoms with E-state index in [1.54, 1.807) is 0 Å². The molecule has 1 aliphatic heterocycles. The summed E-state index contributed by atoms with van der Waals surface area (Å²) in [6, 6.07) is 0.370. The maximum absolute atomic E-state index is 5.81. The molecule has 0 radical (unpaired) electrons. The molecule has 6 heteroatoms. The van der Waals surface area contributed by atoms with Gasteiger partial charge in [0.25, 0.3) is 0 Å². The van der Waals surface area contributed by atoms with Crippen LogP contribution in [-0.2, 0) is 26.4 Å². The standard InChI is InChI=1S/C18H27N5O/c1-12(2)18-21-20-16(24-18)11-23-10-6-9-15(23)17-19-13-7-4-5-8-14(13)22(17)3/h12,15H,4-11H2,1-3H3/t15-/m1/s1.